The van der Waals surface area contributed by atoms with Gasteiger partial charge in [0, 0.05) is 13.2 Å². The van der Waals surface area contributed by atoms with Crippen LogP contribution in [0.2, 0.25) is 0 Å². The number of rotatable bonds is 1. The van der Waals surface area contributed by atoms with E-state index in [0.29, 0.717) is 5.69 Å². The normalized spacial score (nSPS) is 9.40. The van der Waals surface area contributed by atoms with E-state index in [4.69, 9.17) is 5.21 Å². The van der Waals surface area contributed by atoms with Crippen molar-refractivity contribution in [2.75, 3.05) is 0 Å². The Bertz CT molecular complexity index is 242. The quantitative estimate of drug-likeness (QED) is 0.430. The van der Waals surface area contributed by atoms with Crippen LogP contribution in [-0.4, -0.2) is 15.7 Å². The Morgan fingerprint density at radius 3 is 2.90 bits per heavy atom. The number of amides is 1. The second kappa shape index (κ2) is 2.53. The minimum absolute atomic E-state index is 0.433. The van der Waals surface area contributed by atoms with E-state index in [-0.39, 0.29) is 0 Å². The van der Waals surface area contributed by atoms with Crippen molar-refractivity contribution in [2.24, 2.45) is 7.05 Å². The van der Waals surface area contributed by atoms with Gasteiger partial charge in [0.2, 0.25) is 0 Å². The number of hydrogen-bond donors (Lipinski definition) is 2. The highest BCUT2D eigenvalue weighted by atomic mass is 16.5. The molecule has 0 fully saturated rings. The van der Waals surface area contributed by atoms with Gasteiger partial charge in [0.05, 0.1) is 0 Å². The molecule has 0 saturated heterocycles. The monoisotopic (exact) mass is 140 g/mol. The summed E-state index contributed by atoms with van der Waals surface area (Å²) in [6.07, 6.45) is 1.73. The van der Waals surface area contributed by atoms with Crippen LogP contribution < -0.4 is 5.48 Å². The van der Waals surface area contributed by atoms with Crippen LogP contribution in [0, 0.1) is 0 Å². The predicted octanol–water partition coefficient (Wildman–Crippen LogP) is 0.144. The molecule has 0 aliphatic heterocycles. The molecule has 0 bridgehead atoms. The van der Waals surface area contributed by atoms with E-state index in [1.165, 1.54) is 0 Å². The summed E-state index contributed by atoms with van der Waals surface area (Å²) < 4.78 is 1.62. The molecule has 4 heteroatoms. The highest BCUT2D eigenvalue weighted by Gasteiger charge is 2.05. The van der Waals surface area contributed by atoms with Crippen LogP contribution in [-0.2, 0) is 7.05 Å². The molecule has 10 heavy (non-hydrogen) atoms. The molecule has 0 atom stereocenters. The number of nitrogens with zero attached hydrogens (tertiary/aromatic N) is 1. The maximum Gasteiger partial charge on any atom is 0.291 e. The van der Waals surface area contributed by atoms with Crippen molar-refractivity contribution in [3.05, 3.63) is 24.0 Å². The van der Waals surface area contributed by atoms with E-state index in [2.05, 4.69) is 0 Å². The highest BCUT2D eigenvalue weighted by Crippen LogP contribution is 1.97. The minimum Gasteiger partial charge on any atom is -0.347 e. The first-order chi connectivity index (χ1) is 4.75. The van der Waals surface area contributed by atoms with E-state index in [0.717, 1.165) is 0 Å². The number of carbonyl (C=O) groups is 1. The van der Waals surface area contributed by atoms with Gasteiger partial charge in [-0.05, 0) is 12.1 Å². The fourth-order valence-corrected chi connectivity index (χ4v) is 0.754. The summed E-state index contributed by atoms with van der Waals surface area (Å²) >= 11 is 0. The topological polar surface area (TPSA) is 54.3 Å². The van der Waals surface area contributed by atoms with E-state index in [9.17, 15) is 4.79 Å². The number of carbonyl (C=O) groups excluding carboxylic acids is 1. The van der Waals surface area contributed by atoms with E-state index in [1.54, 1.807) is 35.4 Å². The van der Waals surface area contributed by atoms with Crippen molar-refractivity contribution in [3.8, 4) is 0 Å². The maximum absolute atomic E-state index is 10.7. The molecule has 54 valence electrons. The van der Waals surface area contributed by atoms with E-state index in [1.807, 2.05) is 0 Å². The number of hydroxylamine groups is 1. The lowest BCUT2D eigenvalue weighted by atomic mass is 10.4. The van der Waals surface area contributed by atoms with Crippen LogP contribution in [0.25, 0.3) is 0 Å². The molecule has 1 amide bonds. The van der Waals surface area contributed by atoms with Gasteiger partial charge in [-0.15, -0.1) is 0 Å². The van der Waals surface area contributed by atoms with Gasteiger partial charge in [0.15, 0.2) is 0 Å². The van der Waals surface area contributed by atoms with Crippen molar-refractivity contribution in [1.82, 2.24) is 10.0 Å². The van der Waals surface area contributed by atoms with Gasteiger partial charge >= 0.3 is 0 Å². The van der Waals surface area contributed by atoms with E-state index >= 15 is 0 Å². The lowest BCUT2D eigenvalue weighted by Gasteiger charge is -1.98. The molecule has 0 aromatic carbocycles. The third-order valence-corrected chi connectivity index (χ3v) is 1.28. The summed E-state index contributed by atoms with van der Waals surface area (Å²) in [5.41, 5.74) is 1.98. The molecule has 0 aliphatic carbocycles. The Kier molecular flexibility index (Phi) is 1.73. The van der Waals surface area contributed by atoms with Crippen LogP contribution >= 0.6 is 0 Å². The molecule has 0 saturated carbocycles. The Labute approximate surface area is 58.0 Å². The van der Waals surface area contributed by atoms with Gasteiger partial charge in [-0.1, -0.05) is 0 Å². The number of aryl methyl sites for hydroxylation is 1. The summed E-state index contributed by atoms with van der Waals surface area (Å²) in [6.45, 7) is 0. The van der Waals surface area contributed by atoms with Gasteiger partial charge in [-0.3, -0.25) is 10.0 Å². The summed E-state index contributed by atoms with van der Waals surface area (Å²) in [5.74, 6) is -0.493. The van der Waals surface area contributed by atoms with Crippen molar-refractivity contribution in [1.29, 1.82) is 0 Å². The Balaban J connectivity index is 2.93. The number of aromatic nitrogens is 1. The predicted molar refractivity (Wildman–Crippen MR) is 34.7 cm³/mol. The molecule has 2 N–H and O–H groups in total. The largest absolute Gasteiger partial charge is 0.347 e. The molecule has 0 spiro atoms. The molecule has 0 unspecified atom stereocenters. The first-order valence-electron chi connectivity index (χ1n) is 2.81. The van der Waals surface area contributed by atoms with Gasteiger partial charge in [0.1, 0.15) is 5.69 Å². The zero-order valence-electron chi connectivity index (χ0n) is 5.53. The fourth-order valence-electron chi connectivity index (χ4n) is 0.754. The number of hydrogen-bond acceptors (Lipinski definition) is 2. The highest BCUT2D eigenvalue weighted by molar-refractivity contribution is 5.91. The van der Waals surface area contributed by atoms with Gasteiger partial charge in [-0.2, -0.15) is 0 Å². The third-order valence-electron chi connectivity index (χ3n) is 1.28. The summed E-state index contributed by atoms with van der Waals surface area (Å²) in [5, 5.41) is 8.22. The average molecular weight is 140 g/mol. The molecule has 1 aromatic heterocycles. The standard InChI is InChI=1S/C6H8N2O2/c1-8-4-2-3-5(8)6(9)7-10/h2-4,10H,1H3,(H,7,9). The zero-order valence-corrected chi connectivity index (χ0v) is 5.53. The Hall–Kier alpha value is -1.29. The molecule has 1 rings (SSSR count). The summed E-state index contributed by atoms with van der Waals surface area (Å²) in [4.78, 5) is 10.7. The van der Waals surface area contributed by atoms with Crippen LogP contribution in [0.3, 0.4) is 0 Å². The minimum atomic E-state index is -0.493. The third kappa shape index (κ3) is 1.01. The first kappa shape index (κ1) is 6.82. The average Bonchev–Trinajstić information content (AvgIpc) is 2.34. The van der Waals surface area contributed by atoms with Gasteiger partial charge < -0.3 is 4.57 Å². The Morgan fingerprint density at radius 1 is 1.80 bits per heavy atom. The molecule has 0 radical (unpaired) electrons. The fraction of sp³-hybridized carbons (Fsp3) is 0.167. The number of nitrogens with one attached hydrogen (secondary N) is 1. The first-order valence-corrected chi connectivity index (χ1v) is 2.81. The molecular weight excluding hydrogens is 132 g/mol. The molecular formula is C6H8N2O2. The summed E-state index contributed by atoms with van der Waals surface area (Å²) in [6, 6.07) is 3.34. The second-order valence-corrected chi connectivity index (χ2v) is 1.95. The molecule has 1 aromatic rings. The second-order valence-electron chi connectivity index (χ2n) is 1.95. The maximum atomic E-state index is 10.7. The van der Waals surface area contributed by atoms with Crippen molar-refractivity contribution >= 4 is 5.91 Å². The lowest BCUT2D eigenvalue weighted by Crippen LogP contribution is -2.20. The Morgan fingerprint density at radius 2 is 2.50 bits per heavy atom. The molecule has 1 heterocycles. The van der Waals surface area contributed by atoms with Gasteiger partial charge in [-0.25, -0.2) is 5.48 Å². The zero-order chi connectivity index (χ0) is 7.56. The van der Waals surface area contributed by atoms with Crippen molar-refractivity contribution in [3.63, 3.8) is 0 Å². The van der Waals surface area contributed by atoms with Crippen LogP contribution in [0.4, 0.5) is 0 Å². The van der Waals surface area contributed by atoms with Crippen LogP contribution in [0.1, 0.15) is 10.5 Å². The SMILES string of the molecule is Cn1cccc1C(=O)NO. The van der Waals surface area contributed by atoms with Crippen LogP contribution in [0.5, 0.6) is 0 Å². The van der Waals surface area contributed by atoms with Crippen LogP contribution in [0.15, 0.2) is 18.3 Å². The summed E-state index contributed by atoms with van der Waals surface area (Å²) in [7, 11) is 1.73. The molecule has 4 nitrogen and oxygen atoms in total. The van der Waals surface area contributed by atoms with Crippen molar-refractivity contribution < 1.29 is 10.0 Å². The smallest absolute Gasteiger partial charge is 0.291 e. The molecule has 0 aliphatic rings. The lowest BCUT2D eigenvalue weighted by molar-refractivity contribution is 0.0697. The van der Waals surface area contributed by atoms with Gasteiger partial charge in [0.25, 0.3) is 5.91 Å². The van der Waals surface area contributed by atoms with E-state index < -0.39 is 5.91 Å². The van der Waals surface area contributed by atoms with Crippen molar-refractivity contribution in [2.45, 2.75) is 0 Å².